The first-order valence-corrected chi connectivity index (χ1v) is 16.3. The Bertz CT molecular complexity index is 1630. The van der Waals surface area contributed by atoms with E-state index < -0.39 is 40.4 Å². The summed E-state index contributed by atoms with van der Waals surface area (Å²) in [6, 6.07) is 12.2. The normalized spacial score (nSPS) is 18.5. The summed E-state index contributed by atoms with van der Waals surface area (Å²) in [5.74, 6) is -1.99. The molecule has 14 heteroatoms. The van der Waals surface area contributed by atoms with Gasteiger partial charge >= 0.3 is 5.97 Å². The Morgan fingerprint density at radius 2 is 1.75 bits per heavy atom. The van der Waals surface area contributed by atoms with Gasteiger partial charge in [0.2, 0.25) is 10.0 Å². The van der Waals surface area contributed by atoms with Gasteiger partial charge in [0, 0.05) is 62.2 Å². The van der Waals surface area contributed by atoms with Crippen LogP contribution in [0.3, 0.4) is 0 Å². The topological polar surface area (TPSA) is 132 Å². The van der Waals surface area contributed by atoms with Crippen LogP contribution in [0.25, 0.3) is 10.8 Å². The Balaban J connectivity index is 1.37. The van der Waals surface area contributed by atoms with Gasteiger partial charge in [-0.3, -0.25) is 19.6 Å². The van der Waals surface area contributed by atoms with Gasteiger partial charge in [-0.1, -0.05) is 30.7 Å². The number of hydroxylamine groups is 1. The maximum Gasteiger partial charge on any atom is 0.332 e. The van der Waals surface area contributed by atoms with Crippen LogP contribution in [0, 0.1) is 0 Å². The third kappa shape index (κ3) is 6.80. The molecule has 0 radical (unpaired) electrons. The number of fused-ring (bicyclic) bond motifs is 1. The lowest BCUT2D eigenvalue weighted by molar-refractivity contribution is -0.177. The van der Waals surface area contributed by atoms with E-state index in [9.17, 15) is 22.8 Å². The van der Waals surface area contributed by atoms with Gasteiger partial charge in [0.1, 0.15) is 6.04 Å². The highest BCUT2D eigenvalue weighted by atomic mass is 35.5. The zero-order valence-corrected chi connectivity index (χ0v) is 26.1. The van der Waals surface area contributed by atoms with E-state index in [0.717, 1.165) is 28.5 Å². The number of benzene rings is 2. The number of halogens is 1. The zero-order chi connectivity index (χ0) is 31.4. The predicted molar refractivity (Wildman–Crippen MR) is 165 cm³/mol. The lowest BCUT2D eigenvalue weighted by Crippen LogP contribution is -2.68. The van der Waals surface area contributed by atoms with E-state index in [2.05, 4.69) is 15.4 Å². The molecule has 1 unspecified atom stereocenters. The molecule has 2 saturated heterocycles. The van der Waals surface area contributed by atoms with Crippen LogP contribution in [0.5, 0.6) is 0 Å². The van der Waals surface area contributed by atoms with Crippen molar-refractivity contribution in [2.75, 3.05) is 38.1 Å². The number of piperidine rings is 1. The summed E-state index contributed by atoms with van der Waals surface area (Å²) in [7, 11) is -2.45. The summed E-state index contributed by atoms with van der Waals surface area (Å²) in [6.07, 6.45) is 5.50. The van der Waals surface area contributed by atoms with Gasteiger partial charge in [0.25, 0.3) is 11.8 Å². The predicted octanol–water partition coefficient (Wildman–Crippen LogP) is 2.98. The molecule has 12 nitrogen and oxygen atoms in total. The van der Waals surface area contributed by atoms with Crippen LogP contribution in [0.2, 0.25) is 5.02 Å². The molecule has 0 bridgehead atoms. The van der Waals surface area contributed by atoms with Gasteiger partial charge in [0.15, 0.2) is 0 Å². The molecule has 0 aliphatic carbocycles. The number of hydrazine groups is 1. The van der Waals surface area contributed by atoms with Crippen LogP contribution in [0.15, 0.2) is 65.8 Å². The molecule has 1 aromatic heterocycles. The van der Waals surface area contributed by atoms with Crippen molar-refractivity contribution in [3.8, 4) is 0 Å². The maximum atomic E-state index is 13.8. The highest BCUT2D eigenvalue weighted by Gasteiger charge is 2.45. The van der Waals surface area contributed by atoms with Crippen LogP contribution in [0.4, 0.5) is 5.69 Å². The number of carbonyl (C=O) groups excluding carboxylic acids is 3. The quantitative estimate of drug-likeness (QED) is 0.368. The van der Waals surface area contributed by atoms with E-state index >= 15 is 0 Å². The second-order valence-corrected chi connectivity index (χ2v) is 13.3. The highest BCUT2D eigenvalue weighted by molar-refractivity contribution is 7.89. The Labute approximate surface area is 261 Å². The smallest absolute Gasteiger partial charge is 0.332 e. The van der Waals surface area contributed by atoms with Gasteiger partial charge in [-0.2, -0.15) is 9.79 Å². The summed E-state index contributed by atoms with van der Waals surface area (Å²) in [4.78, 5) is 50.4. The average molecular weight is 643 g/mol. The highest BCUT2D eigenvalue weighted by Crippen LogP contribution is 2.29. The maximum absolute atomic E-state index is 13.8. The number of carbonyl (C=O) groups is 3. The van der Waals surface area contributed by atoms with Crippen molar-refractivity contribution in [3.63, 3.8) is 0 Å². The summed E-state index contributed by atoms with van der Waals surface area (Å²) >= 11 is 6.08. The minimum absolute atomic E-state index is 0.0149. The van der Waals surface area contributed by atoms with Crippen molar-refractivity contribution in [2.45, 2.75) is 49.6 Å². The summed E-state index contributed by atoms with van der Waals surface area (Å²) in [5.41, 5.74) is 3.21. The first-order chi connectivity index (χ1) is 21.1. The fourth-order valence-corrected chi connectivity index (χ4v) is 7.28. The SMILES string of the molecule is CCCC(=O)ONC(=O)C1CN(S(=O)(=O)c2ccc3cc(Cl)ccc3c2)CC(=O)N1N(C)C1CCN(c2ccncc2)CC1. The fraction of sp³-hybridized carbons (Fsp3) is 0.400. The molecular formula is C30H35ClN6O6S. The number of amides is 2. The molecule has 3 aromatic rings. The molecular weight excluding hydrogens is 608 g/mol. The molecule has 1 N–H and O–H groups in total. The Kier molecular flexibility index (Phi) is 9.68. The molecule has 3 heterocycles. The van der Waals surface area contributed by atoms with Crippen molar-refractivity contribution >= 4 is 55.9 Å². The molecule has 2 aromatic carbocycles. The second-order valence-electron chi connectivity index (χ2n) is 10.9. The van der Waals surface area contributed by atoms with E-state index in [1.807, 2.05) is 12.1 Å². The minimum atomic E-state index is -4.18. The number of pyridine rings is 1. The van der Waals surface area contributed by atoms with Crippen molar-refractivity contribution < 1.29 is 27.6 Å². The van der Waals surface area contributed by atoms with Gasteiger partial charge in [-0.15, -0.1) is 0 Å². The largest absolute Gasteiger partial charge is 0.371 e. The minimum Gasteiger partial charge on any atom is -0.371 e. The summed E-state index contributed by atoms with van der Waals surface area (Å²) in [5, 5.41) is 4.99. The Morgan fingerprint density at radius 1 is 1.07 bits per heavy atom. The molecule has 2 amide bonds. The van der Waals surface area contributed by atoms with E-state index in [1.54, 1.807) is 55.6 Å². The standard InChI is InChI=1S/C30H35ClN6O6S/c1-3-4-29(39)43-33-30(40)27-19-36(44(41,42)26-8-6-21-17-23(31)7-5-22(21)18-26)20-28(38)37(27)34(2)24-11-15-35(16-12-24)25-9-13-32-14-10-25/h5-10,13-14,17-18,24,27H,3-4,11-12,15-16,19-20H2,1-2H3,(H,33,40). The number of rotatable bonds is 8. The summed E-state index contributed by atoms with van der Waals surface area (Å²) < 4.78 is 28.6. The molecule has 2 aliphatic rings. The Morgan fingerprint density at radius 3 is 2.45 bits per heavy atom. The first kappa shape index (κ1) is 31.6. The number of hydrogen-bond acceptors (Lipinski definition) is 9. The zero-order valence-electron chi connectivity index (χ0n) is 24.6. The van der Waals surface area contributed by atoms with Gasteiger partial charge < -0.3 is 9.74 Å². The lowest BCUT2D eigenvalue weighted by atomic mass is 10.0. The van der Waals surface area contributed by atoms with Crippen LogP contribution >= 0.6 is 11.6 Å². The van der Waals surface area contributed by atoms with Crippen molar-refractivity contribution in [1.29, 1.82) is 0 Å². The van der Waals surface area contributed by atoms with Crippen LogP contribution < -0.4 is 10.4 Å². The van der Waals surface area contributed by atoms with Gasteiger partial charge in [-0.25, -0.2) is 18.2 Å². The molecule has 2 fully saturated rings. The van der Waals surface area contributed by atoms with Gasteiger partial charge in [-0.05, 0) is 66.4 Å². The van der Waals surface area contributed by atoms with Crippen LogP contribution in [-0.2, 0) is 29.2 Å². The van der Waals surface area contributed by atoms with E-state index in [4.69, 9.17) is 16.4 Å². The molecule has 0 saturated carbocycles. The monoisotopic (exact) mass is 642 g/mol. The molecule has 0 spiro atoms. The number of hydrogen-bond donors (Lipinski definition) is 1. The van der Waals surface area contributed by atoms with E-state index in [1.165, 1.54) is 17.1 Å². The number of nitrogens with one attached hydrogen (secondary N) is 1. The van der Waals surface area contributed by atoms with Crippen molar-refractivity contribution in [2.24, 2.45) is 0 Å². The van der Waals surface area contributed by atoms with Crippen LogP contribution in [-0.4, -0.2) is 90.8 Å². The number of piperazine rings is 1. The third-order valence-electron chi connectivity index (χ3n) is 8.03. The number of aromatic nitrogens is 1. The first-order valence-electron chi connectivity index (χ1n) is 14.5. The third-order valence-corrected chi connectivity index (χ3v) is 10.1. The second kappa shape index (κ2) is 13.5. The van der Waals surface area contributed by atoms with E-state index in [0.29, 0.717) is 29.7 Å². The molecule has 2 aliphatic heterocycles. The lowest BCUT2D eigenvalue weighted by Gasteiger charge is -2.47. The molecule has 44 heavy (non-hydrogen) atoms. The van der Waals surface area contributed by atoms with Gasteiger partial charge in [0.05, 0.1) is 11.4 Å². The molecule has 234 valence electrons. The number of sulfonamides is 1. The van der Waals surface area contributed by atoms with Crippen molar-refractivity contribution in [1.82, 2.24) is 24.8 Å². The number of anilines is 1. The average Bonchev–Trinajstić information content (AvgIpc) is 3.03. The van der Waals surface area contributed by atoms with Crippen molar-refractivity contribution in [3.05, 3.63) is 65.9 Å². The summed E-state index contributed by atoms with van der Waals surface area (Å²) in [6.45, 7) is 2.45. The fourth-order valence-electron chi connectivity index (χ4n) is 5.67. The Hall–Kier alpha value is -3.78. The van der Waals surface area contributed by atoms with E-state index in [-0.39, 0.29) is 23.9 Å². The number of nitrogens with zero attached hydrogens (tertiary/aromatic N) is 5. The molecule has 1 atom stereocenters. The van der Waals surface area contributed by atoms with Crippen LogP contribution in [0.1, 0.15) is 32.6 Å². The molecule has 5 rings (SSSR count).